The van der Waals surface area contributed by atoms with E-state index in [1.54, 1.807) is 6.92 Å². The lowest BCUT2D eigenvalue weighted by Crippen LogP contribution is -2.16. The molecule has 1 rings (SSSR count). The normalized spacial score (nSPS) is 11.2. The van der Waals surface area contributed by atoms with Gasteiger partial charge >= 0.3 is 5.97 Å². The second-order valence-electron chi connectivity index (χ2n) is 3.08. The van der Waals surface area contributed by atoms with Gasteiger partial charge in [-0.15, -0.1) is 11.6 Å². The molecular formula is C10H12ClNO4S. The van der Waals surface area contributed by atoms with Crippen molar-refractivity contribution in [3.63, 3.8) is 0 Å². The maximum absolute atomic E-state index is 11.8. The minimum atomic E-state index is -3.65. The van der Waals surface area contributed by atoms with Crippen molar-refractivity contribution in [1.82, 2.24) is 4.98 Å². The van der Waals surface area contributed by atoms with E-state index in [2.05, 4.69) is 4.98 Å². The van der Waals surface area contributed by atoms with Gasteiger partial charge in [0.1, 0.15) is 0 Å². The van der Waals surface area contributed by atoms with Crippen LogP contribution in [0.1, 0.15) is 17.3 Å². The molecule has 0 atom stereocenters. The summed E-state index contributed by atoms with van der Waals surface area (Å²) in [5.41, 5.74) is -0.0560. The van der Waals surface area contributed by atoms with Crippen molar-refractivity contribution in [2.45, 2.75) is 11.9 Å². The Hall–Kier alpha value is -1.14. The fourth-order valence-electron chi connectivity index (χ4n) is 1.20. The van der Waals surface area contributed by atoms with Crippen LogP contribution in [0.4, 0.5) is 0 Å². The van der Waals surface area contributed by atoms with Crippen molar-refractivity contribution < 1.29 is 17.9 Å². The average Bonchev–Trinajstić information content (AvgIpc) is 2.29. The first-order valence-electron chi connectivity index (χ1n) is 4.93. The summed E-state index contributed by atoms with van der Waals surface area (Å²) in [5.74, 6) is -1.02. The summed E-state index contributed by atoms with van der Waals surface area (Å²) in [4.78, 5) is 15.3. The monoisotopic (exact) mass is 277 g/mol. The molecule has 0 saturated heterocycles. The van der Waals surface area contributed by atoms with E-state index in [1.807, 2.05) is 0 Å². The SMILES string of the molecule is CCOC(=O)c1cccnc1S(=O)(=O)CCCl. The molecule has 0 fully saturated rings. The number of nitrogens with zero attached hydrogens (tertiary/aromatic N) is 1. The molecule has 0 N–H and O–H groups in total. The van der Waals surface area contributed by atoms with Crippen molar-refractivity contribution in [3.8, 4) is 0 Å². The minimum absolute atomic E-state index is 0.0544. The first-order valence-corrected chi connectivity index (χ1v) is 7.12. The standard InChI is InChI=1S/C10H12ClNO4S/c1-2-16-10(13)8-4-3-6-12-9(8)17(14,15)7-5-11/h3-4,6H,2,5,7H2,1H3. The Balaban J connectivity index is 3.21. The first kappa shape index (κ1) is 13.9. The summed E-state index contributed by atoms with van der Waals surface area (Å²) in [6, 6.07) is 2.85. The second kappa shape index (κ2) is 5.97. The van der Waals surface area contributed by atoms with Gasteiger partial charge < -0.3 is 4.74 Å². The molecule has 94 valence electrons. The lowest BCUT2D eigenvalue weighted by molar-refractivity contribution is 0.0521. The zero-order valence-corrected chi connectivity index (χ0v) is 10.8. The van der Waals surface area contributed by atoms with Gasteiger partial charge in [0.15, 0.2) is 14.9 Å². The molecule has 0 bridgehead atoms. The van der Waals surface area contributed by atoms with Crippen LogP contribution in [0.5, 0.6) is 0 Å². The molecule has 1 aromatic rings. The van der Waals surface area contributed by atoms with Crippen LogP contribution in [0, 0.1) is 0 Å². The molecule has 0 unspecified atom stereocenters. The number of aromatic nitrogens is 1. The van der Waals surface area contributed by atoms with Gasteiger partial charge in [-0.05, 0) is 19.1 Å². The maximum atomic E-state index is 11.8. The fourth-order valence-corrected chi connectivity index (χ4v) is 2.91. The molecule has 5 nitrogen and oxygen atoms in total. The van der Waals surface area contributed by atoms with Crippen molar-refractivity contribution >= 4 is 27.4 Å². The molecular weight excluding hydrogens is 266 g/mol. The highest BCUT2D eigenvalue weighted by molar-refractivity contribution is 7.91. The first-order chi connectivity index (χ1) is 8.03. The van der Waals surface area contributed by atoms with Crippen LogP contribution in [0.15, 0.2) is 23.4 Å². The van der Waals surface area contributed by atoms with E-state index in [0.29, 0.717) is 0 Å². The molecule has 1 aromatic heterocycles. The number of alkyl halides is 1. The third-order valence-electron chi connectivity index (χ3n) is 1.91. The van der Waals surface area contributed by atoms with Gasteiger partial charge in [-0.25, -0.2) is 18.2 Å². The number of pyridine rings is 1. The van der Waals surface area contributed by atoms with E-state index in [4.69, 9.17) is 16.3 Å². The average molecular weight is 278 g/mol. The lowest BCUT2D eigenvalue weighted by Gasteiger charge is -2.07. The summed E-state index contributed by atoms with van der Waals surface area (Å²) < 4.78 is 28.4. The van der Waals surface area contributed by atoms with Crippen molar-refractivity contribution in [2.24, 2.45) is 0 Å². The Labute approximate surface area is 105 Å². The zero-order chi connectivity index (χ0) is 12.9. The molecule has 1 heterocycles. The molecule has 0 aliphatic rings. The molecule has 17 heavy (non-hydrogen) atoms. The lowest BCUT2D eigenvalue weighted by atomic mass is 10.3. The minimum Gasteiger partial charge on any atom is -0.462 e. The van der Waals surface area contributed by atoms with Crippen LogP contribution >= 0.6 is 11.6 Å². The van der Waals surface area contributed by atoms with Crippen LogP contribution in [-0.2, 0) is 14.6 Å². The Morgan fingerprint density at radius 2 is 2.24 bits per heavy atom. The van der Waals surface area contributed by atoms with E-state index < -0.39 is 15.8 Å². The zero-order valence-electron chi connectivity index (χ0n) is 9.22. The van der Waals surface area contributed by atoms with E-state index in [9.17, 15) is 13.2 Å². The predicted molar refractivity (Wildman–Crippen MR) is 63.0 cm³/mol. The molecule has 0 saturated carbocycles. The maximum Gasteiger partial charge on any atom is 0.341 e. The van der Waals surface area contributed by atoms with Crippen LogP contribution < -0.4 is 0 Å². The van der Waals surface area contributed by atoms with Gasteiger partial charge in [-0.1, -0.05) is 0 Å². The number of esters is 1. The Kier molecular flexibility index (Phi) is 4.89. The van der Waals surface area contributed by atoms with Gasteiger partial charge in [0, 0.05) is 12.1 Å². The largest absolute Gasteiger partial charge is 0.462 e. The van der Waals surface area contributed by atoms with Gasteiger partial charge in [0.2, 0.25) is 0 Å². The number of sulfone groups is 1. The van der Waals surface area contributed by atoms with Gasteiger partial charge in [-0.2, -0.15) is 0 Å². The van der Waals surface area contributed by atoms with Gasteiger partial charge in [-0.3, -0.25) is 0 Å². The fraction of sp³-hybridized carbons (Fsp3) is 0.400. The van der Waals surface area contributed by atoms with E-state index >= 15 is 0 Å². The third-order valence-corrected chi connectivity index (χ3v) is 3.98. The van der Waals surface area contributed by atoms with E-state index in [1.165, 1.54) is 18.3 Å². The van der Waals surface area contributed by atoms with Crippen LogP contribution in [0.2, 0.25) is 0 Å². The Bertz CT molecular complexity index is 501. The summed E-state index contributed by atoms with van der Waals surface area (Å²) in [7, 11) is -3.65. The van der Waals surface area contributed by atoms with Crippen LogP contribution in [0.25, 0.3) is 0 Å². The highest BCUT2D eigenvalue weighted by atomic mass is 35.5. The highest BCUT2D eigenvalue weighted by Crippen LogP contribution is 2.15. The summed E-state index contributed by atoms with van der Waals surface area (Å²) >= 11 is 5.41. The number of hydrogen-bond acceptors (Lipinski definition) is 5. The van der Waals surface area contributed by atoms with E-state index in [0.717, 1.165) is 0 Å². The van der Waals surface area contributed by atoms with Crippen molar-refractivity contribution in [2.75, 3.05) is 18.2 Å². The number of hydrogen-bond donors (Lipinski definition) is 0. The van der Waals surface area contributed by atoms with Crippen molar-refractivity contribution in [1.29, 1.82) is 0 Å². The predicted octanol–water partition coefficient (Wildman–Crippen LogP) is 1.27. The molecule has 0 amide bonds. The summed E-state index contributed by atoms with van der Waals surface area (Å²) in [5, 5.41) is -0.279. The Morgan fingerprint density at radius 3 is 2.82 bits per heavy atom. The molecule has 0 aromatic carbocycles. The summed E-state index contributed by atoms with van der Waals surface area (Å²) in [6.07, 6.45) is 1.31. The van der Waals surface area contributed by atoms with E-state index in [-0.39, 0.29) is 28.8 Å². The number of carbonyl (C=O) groups excluding carboxylic acids is 1. The van der Waals surface area contributed by atoms with Gasteiger partial charge in [0.25, 0.3) is 0 Å². The quantitative estimate of drug-likeness (QED) is 0.599. The van der Waals surface area contributed by atoms with Gasteiger partial charge in [0.05, 0.1) is 17.9 Å². The summed E-state index contributed by atoms with van der Waals surface area (Å²) in [6.45, 7) is 1.81. The Morgan fingerprint density at radius 1 is 1.53 bits per heavy atom. The third kappa shape index (κ3) is 3.41. The molecule has 0 spiro atoms. The second-order valence-corrected chi connectivity index (χ2v) is 5.49. The van der Waals surface area contributed by atoms with Crippen LogP contribution in [-0.4, -0.2) is 37.6 Å². The highest BCUT2D eigenvalue weighted by Gasteiger charge is 2.24. The smallest absolute Gasteiger partial charge is 0.341 e. The molecule has 0 aliphatic heterocycles. The topological polar surface area (TPSA) is 73.3 Å². The van der Waals surface area contributed by atoms with Crippen LogP contribution in [0.3, 0.4) is 0 Å². The molecule has 0 aliphatic carbocycles. The van der Waals surface area contributed by atoms with Crippen molar-refractivity contribution in [3.05, 3.63) is 23.9 Å². The number of halogens is 1. The number of rotatable bonds is 5. The molecule has 7 heteroatoms. The number of carbonyl (C=O) groups is 1. The molecule has 0 radical (unpaired) electrons. The number of ether oxygens (including phenoxy) is 1.